The summed E-state index contributed by atoms with van der Waals surface area (Å²) in [6, 6.07) is 0. The van der Waals surface area contributed by atoms with Crippen molar-refractivity contribution in [2.45, 2.75) is 334 Å². The predicted molar refractivity (Wildman–Crippen MR) is 297 cm³/mol. The molecule has 2 unspecified atom stereocenters. The van der Waals surface area contributed by atoms with Gasteiger partial charge in [-0.2, -0.15) is 0 Å². The summed E-state index contributed by atoms with van der Waals surface area (Å²) < 4.78 is 22.6. The van der Waals surface area contributed by atoms with Crippen LogP contribution in [0.3, 0.4) is 0 Å². The van der Waals surface area contributed by atoms with E-state index in [1.54, 1.807) is 0 Å². The van der Waals surface area contributed by atoms with Gasteiger partial charge in [-0.3, -0.25) is 9.59 Å². The monoisotopic (exact) mass is 1010 g/mol. The zero-order valence-electron chi connectivity index (χ0n) is 48.1. The topological polar surface area (TPSA) is 111 Å². The maximum absolute atomic E-state index is 12.8. The molecule has 0 aliphatic carbocycles. The van der Waals surface area contributed by atoms with Crippen molar-refractivity contribution in [2.75, 3.05) is 47.5 Å². The molecule has 0 amide bonds. The molecule has 0 aromatic rings. The second kappa shape index (κ2) is 54.5. The van der Waals surface area contributed by atoms with Crippen LogP contribution in [0.15, 0.2) is 0 Å². The van der Waals surface area contributed by atoms with Gasteiger partial charge in [0, 0.05) is 12.8 Å². The number of esters is 2. The Balaban J connectivity index is 3.84. The van der Waals surface area contributed by atoms with Gasteiger partial charge in [-0.25, -0.2) is 0 Å². The molecule has 0 spiro atoms. The SMILES string of the molecule is CCCCCCCCCCCCCCCCCCCCCCCCCCCCCCCCCCCCCCCC(=O)OC(COC(=O)CCCCCCCCCCC)COC(OCC[N+](C)(C)C)C(=O)[O-]. The van der Waals surface area contributed by atoms with Gasteiger partial charge >= 0.3 is 11.9 Å². The van der Waals surface area contributed by atoms with E-state index in [-0.39, 0.29) is 32.2 Å². The number of likely N-dealkylation sites (N-methyl/N-ethyl adjacent to an activating group) is 1. The van der Waals surface area contributed by atoms with Crippen LogP contribution in [0, 0.1) is 0 Å². The maximum Gasteiger partial charge on any atom is 0.306 e. The van der Waals surface area contributed by atoms with Gasteiger partial charge in [-0.1, -0.05) is 296 Å². The highest BCUT2D eigenvalue weighted by Crippen LogP contribution is 2.19. The number of carbonyl (C=O) groups excluding carboxylic acids is 3. The van der Waals surface area contributed by atoms with Crippen LogP contribution >= 0.6 is 0 Å². The molecule has 0 rings (SSSR count). The molecule has 0 bridgehead atoms. The van der Waals surface area contributed by atoms with Gasteiger partial charge in [-0.15, -0.1) is 0 Å². The third-order valence-electron chi connectivity index (χ3n) is 14.4. The van der Waals surface area contributed by atoms with Gasteiger partial charge in [0.25, 0.3) is 0 Å². The van der Waals surface area contributed by atoms with E-state index in [0.29, 0.717) is 17.4 Å². The van der Waals surface area contributed by atoms with Gasteiger partial charge in [0.05, 0.1) is 40.3 Å². The second-order valence-corrected chi connectivity index (χ2v) is 22.7. The molecule has 0 fully saturated rings. The average Bonchev–Trinajstić information content (AvgIpc) is 3.34. The van der Waals surface area contributed by atoms with Crippen LogP contribution in [-0.2, 0) is 33.3 Å². The van der Waals surface area contributed by atoms with Crippen molar-refractivity contribution in [3.63, 3.8) is 0 Å². The first kappa shape index (κ1) is 69.3. The van der Waals surface area contributed by atoms with Crippen LogP contribution in [-0.4, -0.2) is 82.3 Å². The highest BCUT2D eigenvalue weighted by molar-refractivity contribution is 5.70. The van der Waals surface area contributed by atoms with Crippen LogP contribution in [0.25, 0.3) is 0 Å². The van der Waals surface area contributed by atoms with Gasteiger partial charge in [0.1, 0.15) is 13.2 Å². The summed E-state index contributed by atoms with van der Waals surface area (Å²) in [4.78, 5) is 37.1. The highest BCUT2D eigenvalue weighted by atomic mass is 16.7. The van der Waals surface area contributed by atoms with Crippen molar-refractivity contribution < 1.29 is 42.9 Å². The predicted octanol–water partition coefficient (Wildman–Crippen LogP) is 17.0. The standard InChI is InChI=1S/C62H121NO8/c1-6-8-10-12-14-16-17-18-19-20-21-22-23-24-25-26-27-28-29-30-31-32-33-34-35-36-37-38-39-40-41-42-43-45-47-49-51-53-60(65)71-58(57-70-62(61(66)67)68-55-54-63(3,4)5)56-69-59(64)52-50-48-46-44-15-13-11-9-7-2/h58,62H,6-57H2,1-5H3. The molecule has 0 aromatic carbocycles. The molecule has 9 heteroatoms. The van der Waals surface area contributed by atoms with Crippen LogP contribution in [0.1, 0.15) is 322 Å². The van der Waals surface area contributed by atoms with Crippen LogP contribution in [0.5, 0.6) is 0 Å². The molecular formula is C62H121NO8. The van der Waals surface area contributed by atoms with Crippen LogP contribution in [0.4, 0.5) is 0 Å². The van der Waals surface area contributed by atoms with Gasteiger partial charge in [0.2, 0.25) is 0 Å². The summed E-state index contributed by atoms with van der Waals surface area (Å²) in [5, 5.41) is 11.7. The van der Waals surface area contributed by atoms with Crippen molar-refractivity contribution >= 4 is 17.9 Å². The summed E-state index contributed by atoms with van der Waals surface area (Å²) in [6.45, 7) is 4.78. The van der Waals surface area contributed by atoms with E-state index in [4.69, 9.17) is 18.9 Å². The van der Waals surface area contributed by atoms with E-state index < -0.39 is 24.3 Å². The fraction of sp³-hybridized carbons (Fsp3) is 0.952. The zero-order chi connectivity index (χ0) is 52.0. The Morgan fingerprint density at radius 3 is 0.901 bits per heavy atom. The number of carboxylic acid groups (broad SMARTS) is 1. The summed E-state index contributed by atoms with van der Waals surface area (Å²) in [6.07, 6.45) is 59.3. The summed E-state index contributed by atoms with van der Waals surface area (Å²) in [7, 11) is 5.93. The van der Waals surface area contributed by atoms with Gasteiger partial charge in [-0.05, 0) is 12.8 Å². The molecule has 0 radical (unpaired) electrons. The van der Waals surface area contributed by atoms with Gasteiger partial charge < -0.3 is 33.3 Å². The first-order chi connectivity index (χ1) is 34.6. The van der Waals surface area contributed by atoms with Crippen LogP contribution < -0.4 is 5.11 Å². The lowest BCUT2D eigenvalue weighted by molar-refractivity contribution is -0.870. The summed E-state index contributed by atoms with van der Waals surface area (Å²) in [5.41, 5.74) is 0. The third kappa shape index (κ3) is 55.9. The van der Waals surface area contributed by atoms with E-state index in [9.17, 15) is 19.5 Å². The van der Waals surface area contributed by atoms with Crippen molar-refractivity contribution in [3.05, 3.63) is 0 Å². The maximum atomic E-state index is 12.8. The van der Waals surface area contributed by atoms with E-state index in [1.165, 1.54) is 257 Å². The van der Waals surface area contributed by atoms with Crippen molar-refractivity contribution in [3.8, 4) is 0 Å². The quantitative estimate of drug-likeness (QED) is 0.0256. The van der Waals surface area contributed by atoms with Gasteiger partial charge in [0.15, 0.2) is 12.4 Å². The number of unbranched alkanes of at least 4 members (excludes halogenated alkanes) is 44. The Labute approximate surface area is 441 Å². The first-order valence-electron chi connectivity index (χ1n) is 31.2. The number of rotatable bonds is 59. The molecule has 0 saturated heterocycles. The summed E-state index contributed by atoms with van der Waals surface area (Å²) in [5.74, 6) is -2.26. The number of carbonyl (C=O) groups is 3. The Morgan fingerprint density at radius 2 is 0.634 bits per heavy atom. The fourth-order valence-electron chi connectivity index (χ4n) is 9.54. The molecule has 71 heavy (non-hydrogen) atoms. The van der Waals surface area contributed by atoms with Crippen molar-refractivity contribution in [2.24, 2.45) is 0 Å². The number of hydrogen-bond acceptors (Lipinski definition) is 8. The molecule has 0 saturated carbocycles. The molecule has 9 nitrogen and oxygen atoms in total. The molecule has 2 atom stereocenters. The summed E-state index contributed by atoms with van der Waals surface area (Å²) >= 11 is 0. The Bertz CT molecular complexity index is 1130. The molecule has 422 valence electrons. The lowest BCUT2D eigenvalue weighted by atomic mass is 10.0. The fourth-order valence-corrected chi connectivity index (χ4v) is 9.54. The average molecular weight is 1010 g/mol. The van der Waals surface area contributed by atoms with E-state index in [2.05, 4.69) is 13.8 Å². The second-order valence-electron chi connectivity index (χ2n) is 22.7. The number of aliphatic carboxylic acids is 1. The minimum Gasteiger partial charge on any atom is -0.545 e. The molecule has 0 heterocycles. The highest BCUT2D eigenvalue weighted by Gasteiger charge is 2.22. The number of hydrogen-bond donors (Lipinski definition) is 0. The van der Waals surface area contributed by atoms with Crippen LogP contribution in [0.2, 0.25) is 0 Å². The normalized spacial score (nSPS) is 12.6. The smallest absolute Gasteiger partial charge is 0.306 e. The first-order valence-corrected chi connectivity index (χ1v) is 31.2. The third-order valence-corrected chi connectivity index (χ3v) is 14.4. The van der Waals surface area contributed by atoms with E-state index in [0.717, 1.165) is 38.5 Å². The number of carboxylic acids is 1. The number of quaternary nitrogens is 1. The Hall–Kier alpha value is -1.71. The molecular weight excluding hydrogens is 887 g/mol. The Kier molecular flexibility index (Phi) is 53.2. The van der Waals surface area contributed by atoms with E-state index in [1.807, 2.05) is 21.1 Å². The minimum atomic E-state index is -1.61. The van der Waals surface area contributed by atoms with Crippen molar-refractivity contribution in [1.29, 1.82) is 0 Å². The molecule has 0 aromatic heterocycles. The molecule has 0 aliphatic heterocycles. The largest absolute Gasteiger partial charge is 0.545 e. The lowest BCUT2D eigenvalue weighted by Crippen LogP contribution is -2.44. The zero-order valence-corrected chi connectivity index (χ0v) is 48.1. The Morgan fingerprint density at radius 1 is 0.366 bits per heavy atom. The number of ether oxygens (including phenoxy) is 4. The molecule has 0 aliphatic rings. The minimum absolute atomic E-state index is 0.153. The lowest BCUT2D eigenvalue weighted by Gasteiger charge is -2.26. The van der Waals surface area contributed by atoms with E-state index >= 15 is 0 Å². The van der Waals surface area contributed by atoms with Crippen molar-refractivity contribution in [1.82, 2.24) is 0 Å². The molecule has 0 N–H and O–H groups in total. The number of nitrogens with zero attached hydrogens (tertiary/aromatic N) is 1.